The van der Waals surface area contributed by atoms with Crippen molar-refractivity contribution >= 4 is 28.5 Å². The van der Waals surface area contributed by atoms with Crippen molar-refractivity contribution < 1.29 is 4.39 Å². The second-order valence-corrected chi connectivity index (χ2v) is 6.32. The lowest BCUT2D eigenvalue weighted by molar-refractivity contribution is 0.517. The Balaban J connectivity index is 1.55. The minimum Gasteiger partial charge on any atom is -0.383 e. The summed E-state index contributed by atoms with van der Waals surface area (Å²) in [4.78, 5) is 10.9. The normalized spacial score (nSPS) is 17.8. The second-order valence-electron chi connectivity index (χ2n) is 6.32. The minimum atomic E-state index is -0.194. The summed E-state index contributed by atoms with van der Waals surface area (Å²) in [6.45, 7) is 1.52. The Morgan fingerprint density at radius 2 is 2.12 bits per heavy atom. The molecule has 1 aliphatic heterocycles. The van der Waals surface area contributed by atoms with E-state index in [-0.39, 0.29) is 11.9 Å². The van der Waals surface area contributed by atoms with Crippen LogP contribution in [0, 0.1) is 5.82 Å². The number of nitrogen functional groups attached to an aromatic ring is 1. The molecule has 8 heteroatoms. The molecule has 1 aliphatic rings. The Morgan fingerprint density at radius 3 is 2.96 bits per heavy atom. The van der Waals surface area contributed by atoms with Gasteiger partial charge in [0.15, 0.2) is 5.65 Å². The zero-order valence-corrected chi connectivity index (χ0v) is 14.0. The van der Waals surface area contributed by atoms with E-state index < -0.39 is 0 Å². The van der Waals surface area contributed by atoms with Gasteiger partial charge in [0.2, 0.25) is 5.95 Å². The number of rotatable bonds is 3. The Labute approximate surface area is 144 Å². The number of aromatic nitrogens is 4. The number of fused-ring (bicyclic) bond motifs is 1. The molecular formula is C17H20FN7. The zero-order chi connectivity index (χ0) is 17.4. The first-order valence-electron chi connectivity index (χ1n) is 8.33. The summed E-state index contributed by atoms with van der Waals surface area (Å²) in [6.07, 6.45) is 3.60. The van der Waals surface area contributed by atoms with Crippen molar-refractivity contribution in [3.05, 3.63) is 36.3 Å². The van der Waals surface area contributed by atoms with Crippen LogP contribution in [-0.4, -0.2) is 38.9 Å². The molecule has 4 rings (SSSR count). The number of piperidine rings is 1. The van der Waals surface area contributed by atoms with Gasteiger partial charge in [-0.2, -0.15) is 15.1 Å². The number of para-hydroxylation sites is 1. The maximum absolute atomic E-state index is 14.1. The minimum absolute atomic E-state index is 0.124. The molecule has 25 heavy (non-hydrogen) atoms. The number of anilines is 3. The number of hydrogen-bond acceptors (Lipinski definition) is 6. The third-order valence-electron chi connectivity index (χ3n) is 4.57. The van der Waals surface area contributed by atoms with E-state index >= 15 is 0 Å². The summed E-state index contributed by atoms with van der Waals surface area (Å²) in [5.74, 6) is 0.691. The van der Waals surface area contributed by atoms with Gasteiger partial charge >= 0.3 is 0 Å². The van der Waals surface area contributed by atoms with Gasteiger partial charge in [-0.1, -0.05) is 12.1 Å². The highest BCUT2D eigenvalue weighted by Crippen LogP contribution is 2.25. The zero-order valence-electron chi connectivity index (χ0n) is 14.0. The Morgan fingerprint density at radius 1 is 1.28 bits per heavy atom. The maximum atomic E-state index is 14.1. The van der Waals surface area contributed by atoms with Gasteiger partial charge in [-0.05, 0) is 25.0 Å². The number of nitrogens with zero attached hydrogens (tertiary/aromatic N) is 5. The van der Waals surface area contributed by atoms with Gasteiger partial charge in [-0.15, -0.1) is 0 Å². The highest BCUT2D eigenvalue weighted by Gasteiger charge is 2.23. The summed E-state index contributed by atoms with van der Waals surface area (Å²) in [6, 6.07) is 6.99. The number of nitrogens with one attached hydrogen (secondary N) is 1. The average Bonchev–Trinajstić information content (AvgIpc) is 2.97. The van der Waals surface area contributed by atoms with E-state index in [4.69, 9.17) is 5.73 Å². The van der Waals surface area contributed by atoms with Crippen LogP contribution in [-0.2, 0) is 7.05 Å². The molecule has 0 bridgehead atoms. The molecule has 1 fully saturated rings. The lowest BCUT2D eigenvalue weighted by Crippen LogP contribution is -2.42. The van der Waals surface area contributed by atoms with Gasteiger partial charge in [-0.3, -0.25) is 4.68 Å². The van der Waals surface area contributed by atoms with Gasteiger partial charge in [0.1, 0.15) is 11.6 Å². The summed E-state index contributed by atoms with van der Waals surface area (Å²) >= 11 is 0. The van der Waals surface area contributed by atoms with Crippen molar-refractivity contribution in [1.82, 2.24) is 19.7 Å². The van der Waals surface area contributed by atoms with E-state index in [2.05, 4.69) is 25.3 Å². The van der Waals surface area contributed by atoms with Crippen molar-refractivity contribution in [2.45, 2.75) is 18.9 Å². The van der Waals surface area contributed by atoms with E-state index in [9.17, 15) is 4.39 Å². The van der Waals surface area contributed by atoms with Crippen LogP contribution in [0.5, 0.6) is 0 Å². The Bertz CT molecular complexity index is 907. The molecule has 0 radical (unpaired) electrons. The van der Waals surface area contributed by atoms with Gasteiger partial charge in [0.25, 0.3) is 0 Å². The van der Waals surface area contributed by atoms with Crippen LogP contribution in [0.1, 0.15) is 12.8 Å². The van der Waals surface area contributed by atoms with Gasteiger partial charge < -0.3 is 16.0 Å². The van der Waals surface area contributed by atoms with Crippen molar-refractivity contribution in [3.8, 4) is 0 Å². The summed E-state index contributed by atoms with van der Waals surface area (Å²) < 4.78 is 15.7. The van der Waals surface area contributed by atoms with Gasteiger partial charge in [0.05, 0.1) is 17.3 Å². The molecule has 3 heterocycles. The first-order chi connectivity index (χ1) is 12.1. The molecule has 0 aliphatic carbocycles. The molecule has 1 atom stereocenters. The number of nitrogens with two attached hydrogens (primary N) is 1. The molecule has 3 N–H and O–H groups in total. The lowest BCUT2D eigenvalue weighted by Gasteiger charge is -2.34. The standard InChI is InChI=1S/C17H20FN7/c1-24-16-12(9-20-24)15(19)22-17(23-16)21-11-5-4-8-25(10-11)14-7-3-2-6-13(14)18/h2-3,6-7,9,11H,4-5,8,10H2,1H3,(H3,19,21,22,23). The quantitative estimate of drug-likeness (QED) is 0.759. The first kappa shape index (κ1) is 15.6. The molecular weight excluding hydrogens is 321 g/mol. The maximum Gasteiger partial charge on any atom is 0.226 e. The Hall–Kier alpha value is -2.90. The smallest absolute Gasteiger partial charge is 0.226 e. The summed E-state index contributed by atoms with van der Waals surface area (Å²) in [5.41, 5.74) is 7.34. The van der Waals surface area contributed by atoms with Crippen LogP contribution in [0.4, 0.5) is 21.8 Å². The predicted octanol–water partition coefficient (Wildman–Crippen LogP) is 2.17. The fraction of sp³-hybridized carbons (Fsp3) is 0.353. The molecule has 130 valence electrons. The Kier molecular flexibility index (Phi) is 3.87. The largest absolute Gasteiger partial charge is 0.383 e. The van der Waals surface area contributed by atoms with Crippen LogP contribution >= 0.6 is 0 Å². The van der Waals surface area contributed by atoms with E-state index in [1.807, 2.05) is 19.2 Å². The molecule has 1 unspecified atom stereocenters. The number of aryl methyl sites for hydroxylation is 1. The monoisotopic (exact) mass is 341 g/mol. The molecule has 7 nitrogen and oxygen atoms in total. The third kappa shape index (κ3) is 2.95. The van der Waals surface area contributed by atoms with E-state index in [0.717, 1.165) is 24.8 Å². The SMILES string of the molecule is Cn1ncc2c(N)nc(NC3CCCN(c4ccccc4F)C3)nc21. The third-order valence-corrected chi connectivity index (χ3v) is 4.57. The van der Waals surface area contributed by atoms with E-state index in [0.29, 0.717) is 29.6 Å². The number of hydrogen-bond donors (Lipinski definition) is 2. The van der Waals surface area contributed by atoms with Crippen molar-refractivity contribution in [2.24, 2.45) is 7.05 Å². The van der Waals surface area contributed by atoms with Crippen LogP contribution < -0.4 is 16.0 Å². The van der Waals surface area contributed by atoms with Gasteiger partial charge in [0, 0.05) is 26.2 Å². The number of benzene rings is 1. The average molecular weight is 341 g/mol. The van der Waals surface area contributed by atoms with E-state index in [1.165, 1.54) is 6.07 Å². The van der Waals surface area contributed by atoms with Crippen LogP contribution in [0.25, 0.3) is 11.0 Å². The first-order valence-corrected chi connectivity index (χ1v) is 8.33. The molecule has 0 amide bonds. The highest BCUT2D eigenvalue weighted by molar-refractivity contribution is 5.86. The molecule has 1 saturated heterocycles. The predicted molar refractivity (Wildman–Crippen MR) is 96.0 cm³/mol. The topological polar surface area (TPSA) is 84.9 Å². The van der Waals surface area contributed by atoms with Crippen molar-refractivity contribution in [3.63, 3.8) is 0 Å². The molecule has 0 saturated carbocycles. The second kappa shape index (κ2) is 6.19. The van der Waals surface area contributed by atoms with Gasteiger partial charge in [-0.25, -0.2) is 4.39 Å². The summed E-state index contributed by atoms with van der Waals surface area (Å²) in [7, 11) is 1.82. The molecule has 1 aromatic carbocycles. The van der Waals surface area contributed by atoms with Crippen LogP contribution in [0.15, 0.2) is 30.5 Å². The van der Waals surface area contributed by atoms with Crippen molar-refractivity contribution in [1.29, 1.82) is 0 Å². The number of halogens is 1. The van der Waals surface area contributed by atoms with Crippen LogP contribution in [0.3, 0.4) is 0 Å². The fourth-order valence-electron chi connectivity index (χ4n) is 3.31. The lowest BCUT2D eigenvalue weighted by atomic mass is 10.0. The summed E-state index contributed by atoms with van der Waals surface area (Å²) in [5, 5.41) is 8.25. The van der Waals surface area contributed by atoms with Crippen LogP contribution in [0.2, 0.25) is 0 Å². The fourth-order valence-corrected chi connectivity index (χ4v) is 3.31. The molecule has 0 spiro atoms. The molecule has 3 aromatic rings. The highest BCUT2D eigenvalue weighted by atomic mass is 19.1. The van der Waals surface area contributed by atoms with E-state index in [1.54, 1.807) is 16.9 Å². The molecule has 2 aromatic heterocycles. The van der Waals surface area contributed by atoms with Crippen molar-refractivity contribution in [2.75, 3.05) is 29.0 Å².